The molecule has 0 aliphatic rings. The molecule has 0 saturated carbocycles. The fourth-order valence-electron chi connectivity index (χ4n) is 2.68. The van der Waals surface area contributed by atoms with Gasteiger partial charge >= 0.3 is 0 Å². The third kappa shape index (κ3) is 9.11. The highest BCUT2D eigenvalue weighted by Gasteiger charge is 2.06. The fraction of sp³-hybridized carbons (Fsp3) is 0.458. The number of carbonyl (C=O) groups is 1. The van der Waals surface area contributed by atoms with E-state index in [1.165, 1.54) is 0 Å². The van der Waals surface area contributed by atoms with Crippen LogP contribution in [0.2, 0.25) is 0 Å². The third-order valence-electron chi connectivity index (χ3n) is 4.37. The van der Waals surface area contributed by atoms with Crippen LogP contribution in [0.4, 0.5) is 0 Å². The summed E-state index contributed by atoms with van der Waals surface area (Å²) in [6.45, 7) is 9.88. The number of carbonyl (C=O) groups excluding carboxylic acids is 1. The number of amides is 1. The van der Waals surface area contributed by atoms with E-state index in [0.29, 0.717) is 51.1 Å². The molecule has 29 heavy (non-hydrogen) atoms. The van der Waals surface area contributed by atoms with E-state index in [0.717, 1.165) is 23.3 Å². The maximum atomic E-state index is 12.4. The molecule has 0 spiro atoms. The minimum Gasteiger partial charge on any atom is -0.494 e. The molecule has 158 valence electrons. The first-order valence-corrected chi connectivity index (χ1v) is 10.3. The van der Waals surface area contributed by atoms with Crippen molar-refractivity contribution in [1.29, 1.82) is 0 Å². The van der Waals surface area contributed by atoms with E-state index in [4.69, 9.17) is 14.2 Å². The van der Waals surface area contributed by atoms with Crippen molar-refractivity contribution in [2.45, 2.75) is 40.3 Å². The Morgan fingerprint density at radius 2 is 1.69 bits per heavy atom. The number of hydrogen-bond acceptors (Lipinski definition) is 4. The first kappa shape index (κ1) is 22.9. The van der Waals surface area contributed by atoms with Crippen molar-refractivity contribution in [3.63, 3.8) is 0 Å². The standard InChI is InChI=1S/C24H33NO4/c1-4-27-14-15-28-18-21-7-5-6-20(16-21)17-25-24(26)22-8-10-23(11-9-22)29-13-12-19(2)3/h5-11,16,19H,4,12-15,17-18H2,1-3H3,(H,25,26). The molecule has 0 bridgehead atoms. The normalized spacial score (nSPS) is 10.9. The van der Waals surface area contributed by atoms with Gasteiger partial charge in [-0.25, -0.2) is 0 Å². The quantitative estimate of drug-likeness (QED) is 0.500. The van der Waals surface area contributed by atoms with Gasteiger partial charge in [0.1, 0.15) is 5.75 Å². The molecular weight excluding hydrogens is 366 g/mol. The molecule has 2 aromatic carbocycles. The van der Waals surface area contributed by atoms with Gasteiger partial charge in [-0.15, -0.1) is 0 Å². The summed E-state index contributed by atoms with van der Waals surface area (Å²) in [4.78, 5) is 12.4. The average molecular weight is 400 g/mol. The van der Waals surface area contributed by atoms with Crippen LogP contribution in [0.15, 0.2) is 48.5 Å². The summed E-state index contributed by atoms with van der Waals surface area (Å²) < 4.78 is 16.6. The highest BCUT2D eigenvalue weighted by Crippen LogP contribution is 2.14. The predicted molar refractivity (Wildman–Crippen MR) is 115 cm³/mol. The van der Waals surface area contributed by atoms with Crippen LogP contribution >= 0.6 is 0 Å². The molecule has 1 N–H and O–H groups in total. The van der Waals surface area contributed by atoms with E-state index in [1.54, 1.807) is 12.1 Å². The third-order valence-corrected chi connectivity index (χ3v) is 4.37. The van der Waals surface area contributed by atoms with Crippen LogP contribution in [-0.2, 0) is 22.6 Å². The van der Waals surface area contributed by atoms with Gasteiger partial charge in [0.05, 0.1) is 26.4 Å². The zero-order chi connectivity index (χ0) is 20.9. The molecular formula is C24H33NO4. The van der Waals surface area contributed by atoms with E-state index in [2.05, 4.69) is 19.2 Å². The highest BCUT2D eigenvalue weighted by atomic mass is 16.5. The Kier molecular flexibility index (Phi) is 10.2. The molecule has 0 saturated heterocycles. The molecule has 5 nitrogen and oxygen atoms in total. The summed E-state index contributed by atoms with van der Waals surface area (Å²) in [6, 6.07) is 15.3. The Balaban J connectivity index is 1.77. The monoisotopic (exact) mass is 399 g/mol. The molecule has 1 amide bonds. The van der Waals surface area contributed by atoms with Gasteiger partial charge in [0.2, 0.25) is 0 Å². The molecule has 5 heteroatoms. The van der Waals surface area contributed by atoms with E-state index in [1.807, 2.05) is 43.3 Å². The lowest BCUT2D eigenvalue weighted by atomic mass is 10.1. The topological polar surface area (TPSA) is 56.8 Å². The zero-order valence-electron chi connectivity index (χ0n) is 17.8. The summed E-state index contributed by atoms with van der Waals surface area (Å²) >= 11 is 0. The molecule has 0 aliphatic heterocycles. The first-order valence-electron chi connectivity index (χ1n) is 10.3. The Bertz CT molecular complexity index is 728. The zero-order valence-corrected chi connectivity index (χ0v) is 17.8. The van der Waals surface area contributed by atoms with Crippen LogP contribution in [0.1, 0.15) is 48.7 Å². The van der Waals surface area contributed by atoms with Crippen LogP contribution in [0.3, 0.4) is 0 Å². The lowest BCUT2D eigenvalue weighted by Crippen LogP contribution is -2.22. The fourth-order valence-corrected chi connectivity index (χ4v) is 2.68. The lowest BCUT2D eigenvalue weighted by molar-refractivity contribution is 0.0453. The van der Waals surface area contributed by atoms with Gasteiger partial charge in [0.25, 0.3) is 5.91 Å². The summed E-state index contributed by atoms with van der Waals surface area (Å²) in [6.07, 6.45) is 1.01. The molecule has 0 atom stereocenters. The Hall–Kier alpha value is -2.37. The average Bonchev–Trinajstić information content (AvgIpc) is 2.72. The Morgan fingerprint density at radius 3 is 2.41 bits per heavy atom. The molecule has 0 heterocycles. The van der Waals surface area contributed by atoms with Gasteiger partial charge in [-0.05, 0) is 54.7 Å². The number of benzene rings is 2. The maximum Gasteiger partial charge on any atom is 0.251 e. The SMILES string of the molecule is CCOCCOCc1cccc(CNC(=O)c2ccc(OCCC(C)C)cc2)c1. The molecule has 2 rings (SSSR count). The van der Waals surface area contributed by atoms with Gasteiger partial charge in [0.15, 0.2) is 0 Å². The summed E-state index contributed by atoms with van der Waals surface area (Å²) in [7, 11) is 0. The van der Waals surface area contributed by atoms with Crippen molar-refractivity contribution in [2.75, 3.05) is 26.4 Å². The second-order valence-electron chi connectivity index (χ2n) is 7.31. The Labute approximate surface area is 174 Å². The number of nitrogens with one attached hydrogen (secondary N) is 1. The van der Waals surface area contributed by atoms with Crippen LogP contribution in [0.25, 0.3) is 0 Å². The van der Waals surface area contributed by atoms with Crippen molar-refractivity contribution >= 4 is 5.91 Å². The number of ether oxygens (including phenoxy) is 3. The minimum absolute atomic E-state index is 0.0999. The van der Waals surface area contributed by atoms with Crippen molar-refractivity contribution < 1.29 is 19.0 Å². The second kappa shape index (κ2) is 13.0. The van der Waals surface area contributed by atoms with Gasteiger partial charge in [-0.2, -0.15) is 0 Å². The van der Waals surface area contributed by atoms with E-state index >= 15 is 0 Å². The van der Waals surface area contributed by atoms with Crippen molar-refractivity contribution in [2.24, 2.45) is 5.92 Å². The van der Waals surface area contributed by atoms with Crippen LogP contribution in [0.5, 0.6) is 5.75 Å². The van der Waals surface area contributed by atoms with Crippen LogP contribution in [0, 0.1) is 5.92 Å². The molecule has 0 aliphatic carbocycles. The molecule has 0 aromatic heterocycles. The van der Waals surface area contributed by atoms with E-state index in [-0.39, 0.29) is 5.91 Å². The maximum absolute atomic E-state index is 12.4. The predicted octanol–water partition coefficient (Wildman–Crippen LogP) is 4.59. The Morgan fingerprint density at radius 1 is 0.966 bits per heavy atom. The van der Waals surface area contributed by atoms with Gasteiger partial charge in [-0.1, -0.05) is 38.1 Å². The molecule has 0 radical (unpaired) electrons. The number of rotatable bonds is 13. The summed E-state index contributed by atoms with van der Waals surface area (Å²) in [5.74, 6) is 1.30. The van der Waals surface area contributed by atoms with Gasteiger partial charge < -0.3 is 19.5 Å². The van der Waals surface area contributed by atoms with Crippen LogP contribution in [-0.4, -0.2) is 32.3 Å². The van der Waals surface area contributed by atoms with E-state index in [9.17, 15) is 4.79 Å². The van der Waals surface area contributed by atoms with E-state index < -0.39 is 0 Å². The number of hydrogen-bond donors (Lipinski definition) is 1. The summed E-state index contributed by atoms with van der Waals surface area (Å²) in [5, 5.41) is 2.96. The minimum atomic E-state index is -0.0999. The van der Waals surface area contributed by atoms with Gasteiger partial charge in [-0.3, -0.25) is 4.79 Å². The highest BCUT2D eigenvalue weighted by molar-refractivity contribution is 5.94. The largest absolute Gasteiger partial charge is 0.494 e. The lowest BCUT2D eigenvalue weighted by Gasteiger charge is -2.10. The van der Waals surface area contributed by atoms with Crippen molar-refractivity contribution in [1.82, 2.24) is 5.32 Å². The molecule has 0 fully saturated rings. The first-order chi connectivity index (χ1) is 14.1. The van der Waals surface area contributed by atoms with Crippen molar-refractivity contribution in [3.8, 4) is 5.75 Å². The molecule has 2 aromatic rings. The molecule has 0 unspecified atom stereocenters. The van der Waals surface area contributed by atoms with Crippen molar-refractivity contribution in [3.05, 3.63) is 65.2 Å². The van der Waals surface area contributed by atoms with Crippen LogP contribution < -0.4 is 10.1 Å². The van der Waals surface area contributed by atoms with Gasteiger partial charge in [0, 0.05) is 18.7 Å². The summed E-state index contributed by atoms with van der Waals surface area (Å²) in [5.41, 5.74) is 2.74. The second-order valence-corrected chi connectivity index (χ2v) is 7.31. The smallest absolute Gasteiger partial charge is 0.251 e.